The maximum atomic E-state index is 2.47. The SMILES string of the molecule is CC1(C)c2ccccc2-c2ccc(-c3c4ccccc4c(-c4ccc5c(c4)C(C)(C)c4ccccc4-5)c4ccccc34)cc21.CC1(C)c2ccccc2-c2ccc(-c3ccc(-c4c5ccccc5c(-c5cccc6ccccc56)c5ccccc45)cc3)cc21.CC1(C)c2ccccc2-c2ccc(-c3cccc(-c4c5ccccc5c(-c5cccc6ccccc56)c5ccccc45)c3)cc21. The second kappa shape index (κ2) is 30.9. The molecule has 0 bridgehead atoms. The predicted octanol–water partition coefficient (Wildman–Crippen LogP) is 36.8. The van der Waals surface area contributed by atoms with Crippen molar-refractivity contribution in [3.63, 3.8) is 0 Å². The summed E-state index contributed by atoms with van der Waals surface area (Å²) < 4.78 is 0. The summed E-state index contributed by atoms with van der Waals surface area (Å²) in [7, 11) is 0. The molecule has 634 valence electrons. The van der Waals surface area contributed by atoms with Gasteiger partial charge in [0.2, 0.25) is 0 Å². The lowest BCUT2D eigenvalue weighted by atomic mass is 9.79. The Bertz CT molecular complexity index is 8510. The molecule has 0 saturated heterocycles. The van der Waals surface area contributed by atoms with Crippen LogP contribution in [0.3, 0.4) is 0 Å². The van der Waals surface area contributed by atoms with Crippen LogP contribution in [0.1, 0.15) is 99.9 Å². The van der Waals surface area contributed by atoms with Gasteiger partial charge in [-0.3, -0.25) is 0 Å². The van der Waals surface area contributed by atoms with Gasteiger partial charge in [0.05, 0.1) is 0 Å². The summed E-state index contributed by atoms with van der Waals surface area (Å²) >= 11 is 0. The molecule has 0 heteroatoms. The lowest BCUT2D eigenvalue weighted by molar-refractivity contribution is 0.660. The van der Waals surface area contributed by atoms with Gasteiger partial charge >= 0.3 is 0 Å². The van der Waals surface area contributed by atoms with Gasteiger partial charge in [0, 0.05) is 21.7 Å². The molecule has 23 aromatic rings. The molecule has 0 spiro atoms. The maximum absolute atomic E-state index is 2.47. The first-order valence-electron chi connectivity index (χ1n) is 47.5. The van der Waals surface area contributed by atoms with E-state index in [0.29, 0.717) is 0 Å². The molecular weight excluding hydrogens is 1610 g/mol. The van der Waals surface area contributed by atoms with E-state index in [2.05, 4.69) is 504 Å². The van der Waals surface area contributed by atoms with Gasteiger partial charge in [-0.1, -0.05) is 474 Å². The molecule has 0 heterocycles. The van der Waals surface area contributed by atoms with Gasteiger partial charge in [-0.25, -0.2) is 0 Å². The average Bonchev–Trinajstić information content (AvgIpc) is 0.915. The Balaban J connectivity index is 0.000000107. The van der Waals surface area contributed by atoms with Crippen molar-refractivity contribution in [3.8, 4) is 134 Å². The molecule has 0 atom stereocenters. The fourth-order valence-corrected chi connectivity index (χ4v) is 24.3. The molecule has 27 rings (SSSR count). The van der Waals surface area contributed by atoms with Crippen LogP contribution in [-0.2, 0) is 21.7 Å². The molecule has 0 nitrogen and oxygen atoms in total. The van der Waals surface area contributed by atoms with Crippen LogP contribution < -0.4 is 0 Å². The molecule has 0 amide bonds. The number of hydrogen-bond donors (Lipinski definition) is 0. The normalized spacial score (nSPS) is 13.9. The van der Waals surface area contributed by atoms with Gasteiger partial charge in [-0.15, -0.1) is 0 Å². The van der Waals surface area contributed by atoms with Crippen LogP contribution in [0.25, 0.3) is 220 Å². The highest BCUT2D eigenvalue weighted by atomic mass is 14.4. The molecule has 0 aliphatic heterocycles. The van der Waals surface area contributed by atoms with E-state index in [0.717, 1.165) is 0 Å². The Morgan fingerprint density at radius 2 is 0.299 bits per heavy atom. The summed E-state index contributed by atoms with van der Waals surface area (Å²) in [6, 6.07) is 167. The molecule has 0 N–H and O–H groups in total. The van der Waals surface area contributed by atoms with Crippen LogP contribution in [0.4, 0.5) is 0 Å². The fraction of sp³-hybridized carbons (Fsp3) is 0.0896. The highest BCUT2D eigenvalue weighted by molar-refractivity contribution is 6.26. The minimum atomic E-state index is -0.0394. The van der Waals surface area contributed by atoms with Crippen molar-refractivity contribution in [1.29, 1.82) is 0 Å². The molecule has 23 aromatic carbocycles. The lowest BCUT2D eigenvalue weighted by Gasteiger charge is -2.24. The number of hydrogen-bond acceptors (Lipinski definition) is 0. The van der Waals surface area contributed by atoms with Gasteiger partial charge in [-0.2, -0.15) is 0 Å². The number of benzene rings is 23. The predicted molar refractivity (Wildman–Crippen MR) is 573 cm³/mol. The first-order valence-corrected chi connectivity index (χ1v) is 47.5. The third kappa shape index (κ3) is 12.4. The van der Waals surface area contributed by atoms with Crippen molar-refractivity contribution in [2.24, 2.45) is 0 Å². The summed E-state index contributed by atoms with van der Waals surface area (Å²) in [4.78, 5) is 0. The summed E-state index contributed by atoms with van der Waals surface area (Å²) in [6.07, 6.45) is 0. The van der Waals surface area contributed by atoms with Crippen molar-refractivity contribution in [2.75, 3.05) is 0 Å². The van der Waals surface area contributed by atoms with Gasteiger partial charge in [0.1, 0.15) is 0 Å². The number of rotatable bonds is 8. The van der Waals surface area contributed by atoms with Crippen molar-refractivity contribution >= 4 is 86.2 Å². The summed E-state index contributed by atoms with van der Waals surface area (Å²) in [5.41, 5.74) is 42.6. The zero-order valence-electron chi connectivity index (χ0n) is 76.7. The molecular formula is C134H98. The topological polar surface area (TPSA) is 0 Å². The summed E-state index contributed by atoms with van der Waals surface area (Å²) in [5, 5.41) is 20.6. The summed E-state index contributed by atoms with van der Waals surface area (Å²) in [6.45, 7) is 18.9. The zero-order chi connectivity index (χ0) is 90.0. The van der Waals surface area contributed by atoms with E-state index in [4.69, 9.17) is 0 Å². The Labute approximate surface area is 784 Å². The molecule has 0 radical (unpaired) electrons. The minimum Gasteiger partial charge on any atom is -0.0619 e. The van der Waals surface area contributed by atoms with E-state index in [1.165, 1.54) is 264 Å². The second-order valence-corrected chi connectivity index (χ2v) is 39.5. The maximum Gasteiger partial charge on any atom is 0.0159 e. The van der Waals surface area contributed by atoms with Crippen LogP contribution in [0.2, 0.25) is 0 Å². The molecule has 134 heavy (non-hydrogen) atoms. The van der Waals surface area contributed by atoms with Crippen LogP contribution in [-0.4, -0.2) is 0 Å². The lowest BCUT2D eigenvalue weighted by Crippen LogP contribution is -2.15. The van der Waals surface area contributed by atoms with Gasteiger partial charge in [0.15, 0.2) is 0 Å². The average molecular weight is 1710 g/mol. The monoisotopic (exact) mass is 1710 g/mol. The van der Waals surface area contributed by atoms with Crippen molar-refractivity contribution < 1.29 is 0 Å². The zero-order valence-corrected chi connectivity index (χ0v) is 76.7. The second-order valence-electron chi connectivity index (χ2n) is 39.5. The van der Waals surface area contributed by atoms with Crippen molar-refractivity contribution in [2.45, 2.75) is 77.0 Å². The summed E-state index contributed by atoms with van der Waals surface area (Å²) in [5.74, 6) is 0. The smallest absolute Gasteiger partial charge is 0.0159 e. The van der Waals surface area contributed by atoms with Crippen LogP contribution in [0, 0.1) is 0 Å². The highest BCUT2D eigenvalue weighted by Gasteiger charge is 2.40. The Kier molecular flexibility index (Phi) is 18.5. The Morgan fingerprint density at radius 3 is 0.619 bits per heavy atom. The Morgan fingerprint density at radius 1 is 0.112 bits per heavy atom. The standard InChI is InChI=1S/2C45H32.C44H34/c1-45(2)41-24-10-9-18-34(41)35-26-25-31(28-42(35)45)30-15-11-16-32(27-30)43-37-19-5-7-21-39(37)44(40-22-8-6-20-38(40)43)36-23-12-14-29-13-3-4-17-33(29)36;1-45(2)41-21-10-9-15-34(41)35-27-26-32(28-42(35)45)29-22-24-31(25-23-29)43-37-16-5-7-18-39(37)44(40-19-8-6-17-38(40)43)36-20-11-13-30-12-3-4-14-33(30)36;1-43(2)37-19-11-9-13-29(37)31-23-21-27(25-39(31)43)41-33-15-5-7-17-35(33)42(36-18-8-6-16-34(36)41)28-22-24-32-30-14-10-12-20-38(30)44(3,4)40(32)26-28/h2*3-28H,1-2H3;5-26H,1-4H3. The van der Waals surface area contributed by atoms with Crippen molar-refractivity contribution in [3.05, 3.63) is 493 Å². The first-order chi connectivity index (χ1) is 65.5. The minimum absolute atomic E-state index is 0.00840. The highest BCUT2D eigenvalue weighted by Crippen LogP contribution is 2.58. The molecule has 4 aliphatic carbocycles. The largest absolute Gasteiger partial charge is 0.0619 e. The quantitative estimate of drug-likeness (QED) is 0.133. The van der Waals surface area contributed by atoms with E-state index >= 15 is 0 Å². The van der Waals surface area contributed by atoms with E-state index in [1.807, 2.05) is 0 Å². The van der Waals surface area contributed by atoms with E-state index in [1.54, 1.807) is 0 Å². The first kappa shape index (κ1) is 80.2. The van der Waals surface area contributed by atoms with Gasteiger partial charge in [0.25, 0.3) is 0 Å². The van der Waals surface area contributed by atoms with E-state index < -0.39 is 0 Å². The molecule has 0 fully saturated rings. The molecule has 0 saturated carbocycles. The molecule has 0 aromatic heterocycles. The van der Waals surface area contributed by atoms with Crippen LogP contribution in [0.15, 0.2) is 449 Å². The van der Waals surface area contributed by atoms with Gasteiger partial charge < -0.3 is 0 Å². The fourth-order valence-electron chi connectivity index (χ4n) is 24.3. The van der Waals surface area contributed by atoms with Gasteiger partial charge in [-0.05, 0) is 295 Å². The Hall–Kier alpha value is -15.9. The van der Waals surface area contributed by atoms with Crippen LogP contribution >= 0.6 is 0 Å². The van der Waals surface area contributed by atoms with E-state index in [9.17, 15) is 0 Å². The van der Waals surface area contributed by atoms with E-state index in [-0.39, 0.29) is 21.7 Å². The van der Waals surface area contributed by atoms with Crippen LogP contribution in [0.5, 0.6) is 0 Å². The third-order valence-corrected chi connectivity index (χ3v) is 30.8. The van der Waals surface area contributed by atoms with Crippen molar-refractivity contribution in [1.82, 2.24) is 0 Å². The molecule has 4 aliphatic rings. The molecule has 0 unspecified atom stereocenters. The number of fused-ring (bicyclic) bond motifs is 20. The third-order valence-electron chi connectivity index (χ3n) is 30.8.